The number of ether oxygens (including phenoxy) is 1. The Morgan fingerprint density at radius 1 is 1.47 bits per heavy atom. The van der Waals surface area contributed by atoms with Gasteiger partial charge in [-0.2, -0.15) is 0 Å². The van der Waals surface area contributed by atoms with Crippen LogP contribution in [0.15, 0.2) is 24.3 Å². The van der Waals surface area contributed by atoms with E-state index < -0.39 is 6.04 Å². The predicted octanol–water partition coefficient (Wildman–Crippen LogP) is 1.90. The maximum atomic E-state index is 11.8. The number of amides is 1. The lowest BCUT2D eigenvalue weighted by molar-refractivity contribution is -0.117. The summed E-state index contributed by atoms with van der Waals surface area (Å²) in [5.41, 5.74) is 7.48. The SMILES string of the molecule is CCC[C@H](N)C(=O)Nc1ccccc1COC. The molecule has 0 spiro atoms. The van der Waals surface area contributed by atoms with Crippen molar-refractivity contribution in [1.29, 1.82) is 0 Å². The monoisotopic (exact) mass is 236 g/mol. The Bertz CT molecular complexity index is 366. The van der Waals surface area contributed by atoms with Crippen molar-refractivity contribution in [2.75, 3.05) is 12.4 Å². The van der Waals surface area contributed by atoms with Gasteiger partial charge in [-0.05, 0) is 12.5 Å². The molecule has 4 nitrogen and oxygen atoms in total. The van der Waals surface area contributed by atoms with E-state index in [2.05, 4.69) is 5.32 Å². The third-order valence-electron chi connectivity index (χ3n) is 2.51. The number of hydrogen-bond acceptors (Lipinski definition) is 3. The van der Waals surface area contributed by atoms with Gasteiger partial charge in [0.2, 0.25) is 5.91 Å². The summed E-state index contributed by atoms with van der Waals surface area (Å²) in [6, 6.07) is 7.11. The van der Waals surface area contributed by atoms with Crippen molar-refractivity contribution in [1.82, 2.24) is 0 Å². The van der Waals surface area contributed by atoms with Crippen LogP contribution in [0.25, 0.3) is 0 Å². The molecule has 0 fully saturated rings. The van der Waals surface area contributed by atoms with Crippen LogP contribution in [0.4, 0.5) is 5.69 Å². The van der Waals surface area contributed by atoms with Crippen LogP contribution in [0.3, 0.4) is 0 Å². The quantitative estimate of drug-likeness (QED) is 0.793. The second-order valence-corrected chi connectivity index (χ2v) is 3.97. The van der Waals surface area contributed by atoms with E-state index in [1.54, 1.807) is 7.11 Å². The fourth-order valence-corrected chi connectivity index (χ4v) is 1.59. The number of hydrogen-bond donors (Lipinski definition) is 2. The number of benzene rings is 1. The summed E-state index contributed by atoms with van der Waals surface area (Å²) in [5, 5.41) is 2.84. The second kappa shape index (κ2) is 7.04. The zero-order valence-electron chi connectivity index (χ0n) is 10.4. The number of carbonyl (C=O) groups excluding carboxylic acids is 1. The van der Waals surface area contributed by atoms with Gasteiger partial charge < -0.3 is 15.8 Å². The summed E-state index contributed by atoms with van der Waals surface area (Å²) < 4.78 is 5.08. The highest BCUT2D eigenvalue weighted by Crippen LogP contribution is 2.16. The third-order valence-corrected chi connectivity index (χ3v) is 2.51. The van der Waals surface area contributed by atoms with E-state index in [0.29, 0.717) is 13.0 Å². The number of rotatable bonds is 6. The van der Waals surface area contributed by atoms with Gasteiger partial charge in [0.25, 0.3) is 0 Å². The number of nitrogens with two attached hydrogens (primary N) is 1. The molecule has 3 N–H and O–H groups in total. The Kier molecular flexibility index (Phi) is 5.66. The molecule has 1 aromatic carbocycles. The van der Waals surface area contributed by atoms with E-state index in [4.69, 9.17) is 10.5 Å². The zero-order chi connectivity index (χ0) is 12.7. The van der Waals surface area contributed by atoms with Crippen molar-refractivity contribution in [3.05, 3.63) is 29.8 Å². The largest absolute Gasteiger partial charge is 0.380 e. The van der Waals surface area contributed by atoms with Crippen LogP contribution in [0.1, 0.15) is 25.3 Å². The van der Waals surface area contributed by atoms with E-state index >= 15 is 0 Å². The molecule has 4 heteroatoms. The van der Waals surface area contributed by atoms with Crippen LogP contribution >= 0.6 is 0 Å². The molecule has 94 valence electrons. The molecule has 1 atom stereocenters. The maximum Gasteiger partial charge on any atom is 0.241 e. The predicted molar refractivity (Wildman–Crippen MR) is 68.7 cm³/mol. The average molecular weight is 236 g/mol. The summed E-state index contributed by atoms with van der Waals surface area (Å²) >= 11 is 0. The fraction of sp³-hybridized carbons (Fsp3) is 0.462. The van der Waals surface area contributed by atoms with Crippen LogP contribution in [-0.4, -0.2) is 19.1 Å². The van der Waals surface area contributed by atoms with Crippen molar-refractivity contribution in [3.8, 4) is 0 Å². The first kappa shape index (κ1) is 13.7. The summed E-state index contributed by atoms with van der Waals surface area (Å²) in [4.78, 5) is 11.8. The van der Waals surface area contributed by atoms with Crippen LogP contribution in [0, 0.1) is 0 Å². The number of anilines is 1. The molecule has 0 aliphatic carbocycles. The van der Waals surface area contributed by atoms with Crippen LogP contribution < -0.4 is 11.1 Å². The van der Waals surface area contributed by atoms with Gasteiger partial charge in [-0.25, -0.2) is 0 Å². The zero-order valence-corrected chi connectivity index (χ0v) is 10.4. The molecule has 0 heterocycles. The summed E-state index contributed by atoms with van der Waals surface area (Å²) in [5.74, 6) is -0.143. The minimum atomic E-state index is -0.449. The molecule has 0 unspecified atom stereocenters. The van der Waals surface area contributed by atoms with Crippen LogP contribution in [-0.2, 0) is 16.1 Å². The third kappa shape index (κ3) is 4.17. The topological polar surface area (TPSA) is 64.4 Å². The highest BCUT2D eigenvalue weighted by molar-refractivity contribution is 5.95. The Labute approximate surface area is 102 Å². The summed E-state index contributed by atoms with van der Waals surface area (Å²) in [7, 11) is 1.63. The molecule has 1 rings (SSSR count). The average Bonchev–Trinajstić information content (AvgIpc) is 2.32. The smallest absolute Gasteiger partial charge is 0.241 e. The van der Waals surface area contributed by atoms with Gasteiger partial charge in [0.05, 0.1) is 12.6 Å². The van der Waals surface area contributed by atoms with Crippen molar-refractivity contribution in [3.63, 3.8) is 0 Å². The van der Waals surface area contributed by atoms with E-state index in [9.17, 15) is 4.79 Å². The normalized spacial score (nSPS) is 12.2. The molecule has 0 aliphatic rings. The van der Waals surface area contributed by atoms with E-state index in [0.717, 1.165) is 17.7 Å². The first-order chi connectivity index (χ1) is 8.19. The molecule has 0 aliphatic heterocycles. The number of methoxy groups -OCH3 is 1. The number of nitrogens with one attached hydrogen (secondary N) is 1. The van der Waals surface area contributed by atoms with Crippen molar-refractivity contribution >= 4 is 11.6 Å². The van der Waals surface area contributed by atoms with Crippen molar-refractivity contribution in [2.24, 2.45) is 5.73 Å². The Balaban J connectivity index is 2.70. The maximum absolute atomic E-state index is 11.8. The Hall–Kier alpha value is -1.39. The minimum absolute atomic E-state index is 0.143. The second-order valence-electron chi connectivity index (χ2n) is 3.97. The highest BCUT2D eigenvalue weighted by Gasteiger charge is 2.13. The summed E-state index contributed by atoms with van der Waals surface area (Å²) in [6.45, 7) is 2.48. The van der Waals surface area contributed by atoms with Gasteiger partial charge in [-0.15, -0.1) is 0 Å². The molecule has 0 saturated heterocycles. The molecule has 0 saturated carbocycles. The molecule has 1 aromatic rings. The van der Waals surface area contributed by atoms with E-state index in [1.807, 2.05) is 31.2 Å². The van der Waals surface area contributed by atoms with Gasteiger partial charge in [0, 0.05) is 18.4 Å². The fourth-order valence-electron chi connectivity index (χ4n) is 1.59. The Morgan fingerprint density at radius 3 is 2.82 bits per heavy atom. The molecule has 0 radical (unpaired) electrons. The lowest BCUT2D eigenvalue weighted by atomic mass is 10.1. The Morgan fingerprint density at radius 2 is 2.18 bits per heavy atom. The number of para-hydroxylation sites is 1. The van der Waals surface area contributed by atoms with Crippen LogP contribution in [0.2, 0.25) is 0 Å². The first-order valence-corrected chi connectivity index (χ1v) is 5.82. The van der Waals surface area contributed by atoms with Gasteiger partial charge >= 0.3 is 0 Å². The highest BCUT2D eigenvalue weighted by atomic mass is 16.5. The van der Waals surface area contributed by atoms with Crippen LogP contribution in [0.5, 0.6) is 0 Å². The van der Waals surface area contributed by atoms with Crippen molar-refractivity contribution in [2.45, 2.75) is 32.4 Å². The molecular formula is C13H20N2O2. The van der Waals surface area contributed by atoms with Crippen molar-refractivity contribution < 1.29 is 9.53 Å². The molecular weight excluding hydrogens is 216 g/mol. The summed E-state index contributed by atoms with van der Waals surface area (Å²) in [6.07, 6.45) is 1.59. The van der Waals surface area contributed by atoms with Gasteiger partial charge in [0.15, 0.2) is 0 Å². The molecule has 0 bridgehead atoms. The van der Waals surface area contributed by atoms with Gasteiger partial charge in [-0.3, -0.25) is 4.79 Å². The molecule has 1 amide bonds. The van der Waals surface area contributed by atoms with Gasteiger partial charge in [0.1, 0.15) is 0 Å². The molecule has 17 heavy (non-hydrogen) atoms. The first-order valence-electron chi connectivity index (χ1n) is 5.82. The lowest BCUT2D eigenvalue weighted by Crippen LogP contribution is -2.35. The minimum Gasteiger partial charge on any atom is -0.380 e. The van der Waals surface area contributed by atoms with Gasteiger partial charge in [-0.1, -0.05) is 31.5 Å². The molecule has 0 aromatic heterocycles. The van der Waals surface area contributed by atoms with E-state index in [1.165, 1.54) is 0 Å². The van der Waals surface area contributed by atoms with E-state index in [-0.39, 0.29) is 5.91 Å². The number of carbonyl (C=O) groups is 1. The standard InChI is InChI=1S/C13H20N2O2/c1-3-6-11(14)13(16)15-12-8-5-4-7-10(12)9-17-2/h4-5,7-8,11H,3,6,9,14H2,1-2H3,(H,15,16)/t11-/m0/s1. The lowest BCUT2D eigenvalue weighted by Gasteiger charge is -2.14.